The highest BCUT2D eigenvalue weighted by atomic mass is 16.5. The number of hydrogen-bond acceptors (Lipinski definition) is 4. The maximum absolute atomic E-state index is 12.4. The van der Waals surface area contributed by atoms with Crippen LogP contribution >= 0.6 is 0 Å². The van der Waals surface area contributed by atoms with Gasteiger partial charge in [-0.25, -0.2) is 0 Å². The van der Waals surface area contributed by atoms with E-state index in [1.807, 2.05) is 18.2 Å². The van der Waals surface area contributed by atoms with E-state index in [0.717, 1.165) is 60.2 Å². The predicted octanol–water partition coefficient (Wildman–Crippen LogP) is 5.22. The number of ketones is 1. The summed E-state index contributed by atoms with van der Waals surface area (Å²) in [6.07, 6.45) is 5.28. The predicted molar refractivity (Wildman–Crippen MR) is 114 cm³/mol. The van der Waals surface area contributed by atoms with Crippen molar-refractivity contribution in [1.29, 1.82) is 0 Å². The zero-order valence-electron chi connectivity index (χ0n) is 17.1. The summed E-state index contributed by atoms with van der Waals surface area (Å²) >= 11 is 0. The first kappa shape index (κ1) is 20.2. The summed E-state index contributed by atoms with van der Waals surface area (Å²) in [4.78, 5) is 20.5. The van der Waals surface area contributed by atoms with Gasteiger partial charge in [0, 0.05) is 41.7 Å². The lowest BCUT2D eigenvalue weighted by atomic mass is 9.89. The number of Topliss-reactive ketones (excluding diaryl/α,β-unsaturated/α-hetero) is 1. The number of carbonyl (C=O) groups excluding carboxylic acids is 1. The lowest BCUT2D eigenvalue weighted by Crippen LogP contribution is -2.22. The Morgan fingerprint density at radius 3 is 2.89 bits per heavy atom. The fourth-order valence-electron chi connectivity index (χ4n) is 3.90. The van der Waals surface area contributed by atoms with E-state index in [2.05, 4.69) is 18.8 Å². The molecule has 1 heterocycles. The van der Waals surface area contributed by atoms with Crippen LogP contribution < -0.4 is 4.74 Å². The Balaban J connectivity index is 1.82. The summed E-state index contributed by atoms with van der Waals surface area (Å²) in [5.41, 5.74) is 4.70. The van der Waals surface area contributed by atoms with Crippen molar-refractivity contribution in [3.05, 3.63) is 40.8 Å². The minimum atomic E-state index is 0.0339. The van der Waals surface area contributed by atoms with Crippen LogP contribution in [0.5, 0.6) is 5.75 Å². The SMILES string of the molecule is CCCC/C(O)=C1\C(=O)CCCC1=NCCc1c(C)[nH]c2ccc(OC)cc12. The van der Waals surface area contributed by atoms with Gasteiger partial charge in [0.05, 0.1) is 12.7 Å². The maximum atomic E-state index is 12.4. The van der Waals surface area contributed by atoms with Crippen molar-refractivity contribution in [2.45, 2.75) is 58.8 Å². The van der Waals surface area contributed by atoms with E-state index >= 15 is 0 Å². The summed E-state index contributed by atoms with van der Waals surface area (Å²) < 4.78 is 5.36. The third-order valence-electron chi connectivity index (χ3n) is 5.43. The number of methoxy groups -OCH3 is 1. The van der Waals surface area contributed by atoms with Crippen molar-refractivity contribution in [3.8, 4) is 5.75 Å². The van der Waals surface area contributed by atoms with Crippen molar-refractivity contribution < 1.29 is 14.6 Å². The van der Waals surface area contributed by atoms with Crippen molar-refractivity contribution >= 4 is 22.4 Å². The molecule has 0 unspecified atom stereocenters. The highest BCUT2D eigenvalue weighted by molar-refractivity contribution is 6.24. The number of fused-ring (bicyclic) bond motifs is 1. The lowest BCUT2D eigenvalue weighted by Gasteiger charge is -2.18. The topological polar surface area (TPSA) is 74.7 Å². The van der Waals surface area contributed by atoms with Gasteiger partial charge in [0.2, 0.25) is 0 Å². The first-order chi connectivity index (χ1) is 13.5. The third-order valence-corrected chi connectivity index (χ3v) is 5.43. The highest BCUT2D eigenvalue weighted by Crippen LogP contribution is 2.27. The van der Waals surface area contributed by atoms with Crippen molar-refractivity contribution in [3.63, 3.8) is 0 Å². The number of aromatic amines is 1. The average Bonchev–Trinajstić information content (AvgIpc) is 3.00. The monoisotopic (exact) mass is 382 g/mol. The van der Waals surface area contributed by atoms with Gasteiger partial charge in [-0.2, -0.15) is 0 Å². The van der Waals surface area contributed by atoms with Crippen molar-refractivity contribution in [2.24, 2.45) is 4.99 Å². The number of nitrogens with one attached hydrogen (secondary N) is 1. The van der Waals surface area contributed by atoms with E-state index in [1.165, 1.54) is 5.56 Å². The summed E-state index contributed by atoms with van der Waals surface area (Å²) in [6, 6.07) is 6.03. The number of aliphatic hydroxyl groups is 1. The molecule has 1 fully saturated rings. The van der Waals surface area contributed by atoms with E-state index in [0.29, 0.717) is 25.0 Å². The maximum Gasteiger partial charge on any atom is 0.168 e. The van der Waals surface area contributed by atoms with Crippen LogP contribution in [0.4, 0.5) is 0 Å². The van der Waals surface area contributed by atoms with Crippen molar-refractivity contribution in [1.82, 2.24) is 4.98 Å². The van der Waals surface area contributed by atoms with E-state index in [4.69, 9.17) is 9.73 Å². The van der Waals surface area contributed by atoms with Crippen LogP contribution in [0.1, 0.15) is 56.7 Å². The summed E-state index contributed by atoms with van der Waals surface area (Å²) in [5.74, 6) is 1.09. The molecule has 5 heteroatoms. The molecule has 0 aliphatic heterocycles. The van der Waals surface area contributed by atoms with Gasteiger partial charge in [-0.3, -0.25) is 9.79 Å². The van der Waals surface area contributed by atoms with Gasteiger partial charge in [-0.1, -0.05) is 13.3 Å². The standard InChI is InChI=1S/C23H30N2O3/c1-4-5-8-21(26)23-20(7-6-9-22(23)27)24-13-12-17-15(2)25-19-11-10-16(28-3)14-18(17)19/h10-11,14,25-26H,4-9,12-13H2,1-3H3/b23-21+,24-20?. The number of aliphatic hydroxyl groups excluding tert-OH is 1. The number of carbonyl (C=O) groups is 1. The quantitative estimate of drug-likeness (QED) is 0.509. The van der Waals surface area contributed by atoms with Crippen molar-refractivity contribution in [2.75, 3.05) is 13.7 Å². The Morgan fingerprint density at radius 2 is 2.14 bits per heavy atom. The largest absolute Gasteiger partial charge is 0.511 e. The third kappa shape index (κ3) is 4.29. The van der Waals surface area contributed by atoms with Gasteiger partial charge in [0.25, 0.3) is 0 Å². The number of benzene rings is 1. The minimum Gasteiger partial charge on any atom is -0.511 e. The average molecular weight is 383 g/mol. The number of allylic oxidation sites excluding steroid dienone is 2. The molecule has 3 rings (SSSR count). The number of ether oxygens (including phenoxy) is 1. The minimum absolute atomic E-state index is 0.0339. The molecule has 2 N–H and O–H groups in total. The number of H-pyrrole nitrogens is 1. The van der Waals surface area contributed by atoms with Crippen LogP contribution in [0.15, 0.2) is 34.5 Å². The number of unbranched alkanes of at least 4 members (excludes halogenated alkanes) is 1. The van der Waals surface area contributed by atoms with Crippen LogP contribution in [0.2, 0.25) is 0 Å². The van der Waals surface area contributed by atoms with Crippen LogP contribution in [-0.2, 0) is 11.2 Å². The van der Waals surface area contributed by atoms with Gasteiger partial charge in [0.15, 0.2) is 5.78 Å². The van der Waals surface area contributed by atoms with Crippen LogP contribution in [0.25, 0.3) is 10.9 Å². The lowest BCUT2D eigenvalue weighted by molar-refractivity contribution is -0.115. The molecule has 1 aromatic carbocycles. The zero-order chi connectivity index (χ0) is 20.1. The first-order valence-corrected chi connectivity index (χ1v) is 10.2. The molecule has 28 heavy (non-hydrogen) atoms. The molecule has 150 valence electrons. The molecule has 1 saturated carbocycles. The molecular formula is C23H30N2O3. The second kappa shape index (κ2) is 9.09. The van der Waals surface area contributed by atoms with Gasteiger partial charge >= 0.3 is 0 Å². The Labute approximate surface area is 166 Å². The Kier molecular flexibility index (Phi) is 6.55. The summed E-state index contributed by atoms with van der Waals surface area (Å²) in [6.45, 7) is 4.74. The Hall–Kier alpha value is -2.56. The number of hydrogen-bond donors (Lipinski definition) is 2. The molecule has 0 bridgehead atoms. The number of nitrogens with zero attached hydrogens (tertiary/aromatic N) is 1. The molecule has 0 radical (unpaired) electrons. The fourth-order valence-corrected chi connectivity index (χ4v) is 3.90. The summed E-state index contributed by atoms with van der Waals surface area (Å²) in [5, 5.41) is 11.6. The van der Waals surface area contributed by atoms with E-state index in [-0.39, 0.29) is 11.5 Å². The molecule has 0 spiro atoms. The van der Waals surface area contributed by atoms with E-state index in [9.17, 15) is 9.90 Å². The number of rotatable bonds is 7. The first-order valence-electron chi connectivity index (χ1n) is 10.2. The van der Waals surface area contributed by atoms with Gasteiger partial charge in [0.1, 0.15) is 11.5 Å². The van der Waals surface area contributed by atoms with Gasteiger partial charge in [-0.15, -0.1) is 0 Å². The Morgan fingerprint density at radius 1 is 1.32 bits per heavy atom. The molecule has 2 aromatic rings. The smallest absolute Gasteiger partial charge is 0.168 e. The fraction of sp³-hybridized carbons (Fsp3) is 0.478. The molecule has 0 saturated heterocycles. The highest BCUT2D eigenvalue weighted by Gasteiger charge is 2.25. The molecule has 0 atom stereocenters. The molecule has 1 aromatic heterocycles. The van der Waals surface area contributed by atoms with Crippen LogP contribution in [-0.4, -0.2) is 35.2 Å². The normalized spacial score (nSPS) is 18.1. The molecule has 0 amide bonds. The van der Waals surface area contributed by atoms with Gasteiger partial charge in [-0.05, 0) is 56.4 Å². The number of aryl methyl sites for hydroxylation is 1. The second-order valence-corrected chi connectivity index (χ2v) is 7.42. The van der Waals surface area contributed by atoms with E-state index in [1.54, 1.807) is 7.11 Å². The number of aliphatic imine (C=N–C) groups is 1. The van der Waals surface area contributed by atoms with Crippen LogP contribution in [0.3, 0.4) is 0 Å². The van der Waals surface area contributed by atoms with E-state index < -0.39 is 0 Å². The van der Waals surface area contributed by atoms with Crippen LogP contribution in [0, 0.1) is 6.92 Å². The molecule has 5 nitrogen and oxygen atoms in total. The molecular weight excluding hydrogens is 352 g/mol. The molecule has 1 aliphatic carbocycles. The van der Waals surface area contributed by atoms with Gasteiger partial charge < -0.3 is 14.8 Å². The Bertz CT molecular complexity index is 921. The zero-order valence-corrected chi connectivity index (χ0v) is 17.1. The number of aromatic nitrogens is 1. The summed E-state index contributed by atoms with van der Waals surface area (Å²) in [7, 11) is 1.67. The molecule has 1 aliphatic rings. The second-order valence-electron chi connectivity index (χ2n) is 7.42.